The van der Waals surface area contributed by atoms with Gasteiger partial charge in [0.1, 0.15) is 11.0 Å². The molecule has 114 valence electrons. The van der Waals surface area contributed by atoms with Crippen LogP contribution in [0.4, 0.5) is 19.0 Å². The molecule has 0 amide bonds. The van der Waals surface area contributed by atoms with Gasteiger partial charge in [-0.2, -0.15) is 13.2 Å². The third-order valence-corrected chi connectivity index (χ3v) is 3.10. The lowest BCUT2D eigenvalue weighted by atomic mass is 9.85. The number of rotatable bonds is 4. The number of aliphatic hydroxyl groups excluding tert-OH is 1. The molecular weight excluding hydrogens is 293 g/mol. The highest BCUT2D eigenvalue weighted by atomic mass is 35.5. The van der Waals surface area contributed by atoms with E-state index in [4.69, 9.17) is 16.7 Å². The molecule has 0 aliphatic carbocycles. The van der Waals surface area contributed by atoms with E-state index in [1.807, 2.05) is 20.8 Å². The summed E-state index contributed by atoms with van der Waals surface area (Å²) in [4.78, 5) is 3.86. The van der Waals surface area contributed by atoms with E-state index < -0.39 is 11.7 Å². The smallest absolute Gasteiger partial charge is 0.396 e. The van der Waals surface area contributed by atoms with Crippen molar-refractivity contribution >= 4 is 17.4 Å². The van der Waals surface area contributed by atoms with Crippen molar-refractivity contribution in [2.45, 2.75) is 39.4 Å². The molecule has 2 N–H and O–H groups in total. The van der Waals surface area contributed by atoms with Crippen LogP contribution in [0.1, 0.15) is 32.8 Å². The lowest BCUT2D eigenvalue weighted by molar-refractivity contribution is -0.137. The summed E-state index contributed by atoms with van der Waals surface area (Å²) in [5.74, 6) is 0.0539. The molecule has 0 saturated carbocycles. The number of pyridine rings is 1. The molecule has 1 atom stereocenters. The van der Waals surface area contributed by atoms with Crippen LogP contribution in [0.3, 0.4) is 0 Å². The quantitative estimate of drug-likeness (QED) is 0.827. The Labute approximate surface area is 121 Å². The molecule has 1 aromatic rings. The number of nitrogens with one attached hydrogen (secondary N) is 1. The van der Waals surface area contributed by atoms with Gasteiger partial charge in [-0.1, -0.05) is 32.4 Å². The molecule has 7 heteroatoms. The molecule has 0 aromatic carbocycles. The third-order valence-electron chi connectivity index (χ3n) is 2.91. The molecule has 1 unspecified atom stereocenters. The first-order valence-corrected chi connectivity index (χ1v) is 6.54. The zero-order valence-corrected chi connectivity index (χ0v) is 12.3. The summed E-state index contributed by atoms with van der Waals surface area (Å²) in [7, 11) is 0. The van der Waals surface area contributed by atoms with Gasteiger partial charge in [0.25, 0.3) is 0 Å². The minimum Gasteiger partial charge on any atom is -0.396 e. The van der Waals surface area contributed by atoms with Gasteiger partial charge >= 0.3 is 6.18 Å². The van der Waals surface area contributed by atoms with Crippen LogP contribution in [-0.2, 0) is 6.18 Å². The van der Waals surface area contributed by atoms with Gasteiger partial charge in [-0.15, -0.1) is 0 Å². The molecule has 0 radical (unpaired) electrons. The topological polar surface area (TPSA) is 45.1 Å². The second-order valence-electron chi connectivity index (χ2n) is 5.64. The number of aromatic nitrogens is 1. The molecular formula is C13H18ClF3N2O. The fraction of sp³-hybridized carbons (Fsp3) is 0.615. The van der Waals surface area contributed by atoms with Crippen molar-refractivity contribution in [3.63, 3.8) is 0 Å². The maximum atomic E-state index is 12.7. The van der Waals surface area contributed by atoms with Crippen LogP contribution >= 0.6 is 11.6 Å². The Morgan fingerprint density at radius 3 is 2.35 bits per heavy atom. The summed E-state index contributed by atoms with van der Waals surface area (Å²) >= 11 is 5.63. The highest BCUT2D eigenvalue weighted by molar-refractivity contribution is 6.29. The van der Waals surface area contributed by atoms with Crippen LogP contribution in [0.25, 0.3) is 0 Å². The first-order valence-electron chi connectivity index (χ1n) is 6.16. The van der Waals surface area contributed by atoms with Crippen LogP contribution in [0.5, 0.6) is 0 Å². The van der Waals surface area contributed by atoms with Crippen LogP contribution in [0.15, 0.2) is 12.1 Å². The van der Waals surface area contributed by atoms with E-state index in [2.05, 4.69) is 10.3 Å². The zero-order chi connectivity index (χ0) is 15.6. The van der Waals surface area contributed by atoms with Crippen LogP contribution in [0.2, 0.25) is 5.15 Å². The van der Waals surface area contributed by atoms with Gasteiger partial charge in [-0.25, -0.2) is 4.98 Å². The van der Waals surface area contributed by atoms with Gasteiger partial charge in [0.2, 0.25) is 0 Å². The first kappa shape index (κ1) is 17.0. The van der Waals surface area contributed by atoms with Crippen molar-refractivity contribution in [3.05, 3.63) is 22.8 Å². The molecule has 0 spiro atoms. The Hall–Kier alpha value is -1.01. The molecule has 1 heterocycles. The predicted molar refractivity (Wildman–Crippen MR) is 72.8 cm³/mol. The summed E-state index contributed by atoms with van der Waals surface area (Å²) in [6.45, 7) is 5.71. The minimum absolute atomic E-state index is 0.0539. The van der Waals surface area contributed by atoms with Gasteiger partial charge in [0.15, 0.2) is 0 Å². The predicted octanol–water partition coefficient (Wildman–Crippen LogP) is 3.96. The maximum Gasteiger partial charge on any atom is 0.416 e. The van der Waals surface area contributed by atoms with Crippen LogP contribution in [0, 0.1) is 5.41 Å². The SMILES string of the molecule is CC(C)(C)C(CCO)Nc1cc(C(F)(F)F)cc(Cl)n1. The molecule has 3 nitrogen and oxygen atoms in total. The molecule has 1 rings (SSSR count). The number of halogens is 4. The molecule has 0 fully saturated rings. The van der Waals surface area contributed by atoms with E-state index in [0.29, 0.717) is 6.42 Å². The summed E-state index contributed by atoms with van der Waals surface area (Å²) in [6, 6.07) is 1.48. The average molecular weight is 311 g/mol. The summed E-state index contributed by atoms with van der Waals surface area (Å²) < 4.78 is 38.1. The van der Waals surface area contributed by atoms with E-state index in [9.17, 15) is 13.2 Å². The first-order chi connectivity index (χ1) is 9.04. The van der Waals surface area contributed by atoms with Crippen molar-refractivity contribution in [2.75, 3.05) is 11.9 Å². The Balaban J connectivity index is 3.04. The fourth-order valence-electron chi connectivity index (χ4n) is 1.76. The molecule has 0 aliphatic rings. The second kappa shape index (κ2) is 6.18. The summed E-state index contributed by atoms with van der Waals surface area (Å²) in [5, 5.41) is 11.7. The van der Waals surface area contributed by atoms with E-state index in [1.165, 1.54) is 0 Å². The Morgan fingerprint density at radius 2 is 1.90 bits per heavy atom. The van der Waals surface area contributed by atoms with Crippen molar-refractivity contribution in [1.29, 1.82) is 0 Å². The monoisotopic (exact) mass is 310 g/mol. The van der Waals surface area contributed by atoms with Gasteiger partial charge in [0.05, 0.1) is 5.56 Å². The number of hydrogen-bond acceptors (Lipinski definition) is 3. The molecule has 0 saturated heterocycles. The van der Waals surface area contributed by atoms with Crippen molar-refractivity contribution in [3.8, 4) is 0 Å². The molecule has 0 aliphatic heterocycles. The largest absolute Gasteiger partial charge is 0.416 e. The highest BCUT2D eigenvalue weighted by Crippen LogP contribution is 2.33. The van der Waals surface area contributed by atoms with E-state index in [-0.39, 0.29) is 29.0 Å². The molecule has 0 bridgehead atoms. The average Bonchev–Trinajstić information content (AvgIpc) is 2.25. The number of aliphatic hydroxyl groups is 1. The third kappa shape index (κ3) is 4.83. The number of anilines is 1. The van der Waals surface area contributed by atoms with Gasteiger partial charge in [-0.05, 0) is 24.0 Å². The van der Waals surface area contributed by atoms with E-state index >= 15 is 0 Å². The Bertz CT molecular complexity index is 458. The summed E-state index contributed by atoms with van der Waals surface area (Å²) in [5.41, 5.74) is -1.10. The standard InChI is InChI=1S/C13H18ClF3N2O/c1-12(2,3)9(4-5-20)18-11-7-8(13(15,16)17)6-10(14)19-11/h6-7,9,20H,4-5H2,1-3H3,(H,18,19). The fourth-order valence-corrected chi connectivity index (χ4v) is 1.97. The van der Waals surface area contributed by atoms with Gasteiger partial charge < -0.3 is 10.4 Å². The van der Waals surface area contributed by atoms with Gasteiger partial charge in [0, 0.05) is 12.6 Å². The van der Waals surface area contributed by atoms with Crippen molar-refractivity contribution in [2.24, 2.45) is 5.41 Å². The van der Waals surface area contributed by atoms with Gasteiger partial charge in [-0.3, -0.25) is 0 Å². The zero-order valence-electron chi connectivity index (χ0n) is 11.6. The molecule has 20 heavy (non-hydrogen) atoms. The highest BCUT2D eigenvalue weighted by Gasteiger charge is 2.32. The Kier molecular flexibility index (Phi) is 5.27. The van der Waals surface area contributed by atoms with E-state index in [1.54, 1.807) is 0 Å². The van der Waals surface area contributed by atoms with Crippen LogP contribution < -0.4 is 5.32 Å². The van der Waals surface area contributed by atoms with Crippen molar-refractivity contribution < 1.29 is 18.3 Å². The lowest BCUT2D eigenvalue weighted by Gasteiger charge is -2.31. The second-order valence-corrected chi connectivity index (χ2v) is 6.02. The minimum atomic E-state index is -4.47. The summed E-state index contributed by atoms with van der Waals surface area (Å²) in [6.07, 6.45) is -4.07. The lowest BCUT2D eigenvalue weighted by Crippen LogP contribution is -2.35. The van der Waals surface area contributed by atoms with E-state index in [0.717, 1.165) is 12.1 Å². The Morgan fingerprint density at radius 1 is 1.30 bits per heavy atom. The molecule has 1 aromatic heterocycles. The number of nitrogens with zero attached hydrogens (tertiary/aromatic N) is 1. The number of hydrogen-bond donors (Lipinski definition) is 2. The maximum absolute atomic E-state index is 12.7. The normalized spacial score (nSPS) is 14.2. The number of alkyl halides is 3. The van der Waals surface area contributed by atoms with Crippen molar-refractivity contribution in [1.82, 2.24) is 4.98 Å². The van der Waals surface area contributed by atoms with Crippen LogP contribution in [-0.4, -0.2) is 22.7 Å².